The van der Waals surface area contributed by atoms with Crippen LogP contribution in [0.3, 0.4) is 0 Å². The van der Waals surface area contributed by atoms with E-state index in [0.717, 1.165) is 37.9 Å². The summed E-state index contributed by atoms with van der Waals surface area (Å²) in [4.78, 5) is 4.52. The lowest BCUT2D eigenvalue weighted by Gasteiger charge is -2.18. The van der Waals surface area contributed by atoms with Crippen molar-refractivity contribution in [3.63, 3.8) is 0 Å². The number of aliphatic imine (C=N–C) groups is 1. The van der Waals surface area contributed by atoms with E-state index in [2.05, 4.69) is 79.8 Å². The Balaban J connectivity index is 5.30. The molecule has 3 nitrogen and oxygen atoms in total. The van der Waals surface area contributed by atoms with E-state index < -0.39 is 0 Å². The van der Waals surface area contributed by atoms with Gasteiger partial charge in [-0.2, -0.15) is 3.89 Å². The molecule has 0 aliphatic rings. The van der Waals surface area contributed by atoms with Crippen LogP contribution in [0.5, 0.6) is 0 Å². The topological polar surface area (TPSA) is 36.4 Å². The van der Waals surface area contributed by atoms with Gasteiger partial charge in [-0.1, -0.05) is 49.0 Å². The van der Waals surface area contributed by atoms with Crippen molar-refractivity contribution in [3.8, 4) is 0 Å². The largest absolute Gasteiger partial charge is 0.316 e. The van der Waals surface area contributed by atoms with Gasteiger partial charge in [0, 0.05) is 25.8 Å². The number of nitrogens with one attached hydrogen (secondary N) is 2. The maximum Gasteiger partial charge on any atom is 0.0831 e. The molecular formula is C27H44FN3S. The van der Waals surface area contributed by atoms with Crippen molar-refractivity contribution in [3.05, 3.63) is 69.2 Å². The van der Waals surface area contributed by atoms with E-state index in [9.17, 15) is 3.89 Å². The molecule has 0 spiro atoms. The molecule has 1 unspecified atom stereocenters. The summed E-state index contributed by atoms with van der Waals surface area (Å²) in [5.41, 5.74) is 5.96. The molecule has 0 rings (SSSR count). The Morgan fingerprint density at radius 1 is 1.19 bits per heavy atom. The molecule has 0 aromatic heterocycles. The number of hydrogen-bond donors (Lipinski definition) is 2. The van der Waals surface area contributed by atoms with E-state index in [4.69, 9.17) is 0 Å². The third kappa shape index (κ3) is 13.0. The van der Waals surface area contributed by atoms with E-state index in [1.54, 1.807) is 13.3 Å². The van der Waals surface area contributed by atoms with Gasteiger partial charge in [0.25, 0.3) is 0 Å². The lowest BCUT2D eigenvalue weighted by atomic mass is 9.94. The normalized spacial score (nSPS) is 16.3. The van der Waals surface area contributed by atoms with E-state index in [1.807, 2.05) is 20.9 Å². The van der Waals surface area contributed by atoms with Gasteiger partial charge in [0.15, 0.2) is 0 Å². The Hall–Kier alpha value is -1.69. The summed E-state index contributed by atoms with van der Waals surface area (Å²) in [6.07, 6.45) is 17.3. The van der Waals surface area contributed by atoms with Crippen LogP contribution < -0.4 is 10.6 Å². The first kappa shape index (κ1) is 30.3. The number of halogens is 1. The lowest BCUT2D eigenvalue weighted by molar-refractivity contribution is 0.551. The molecule has 180 valence electrons. The smallest absolute Gasteiger partial charge is 0.0831 e. The molecular weight excluding hydrogens is 417 g/mol. The summed E-state index contributed by atoms with van der Waals surface area (Å²) < 4.78 is 13.4. The lowest BCUT2D eigenvalue weighted by Crippen LogP contribution is -2.27. The van der Waals surface area contributed by atoms with Gasteiger partial charge in [-0.25, -0.2) is 0 Å². The first-order valence-electron chi connectivity index (χ1n) is 11.5. The van der Waals surface area contributed by atoms with Crippen LogP contribution in [0.25, 0.3) is 0 Å². The first-order chi connectivity index (χ1) is 15.3. The number of rotatable bonds is 15. The Bertz CT molecular complexity index is 755. The van der Waals surface area contributed by atoms with Crippen molar-refractivity contribution >= 4 is 18.4 Å². The molecule has 0 bridgehead atoms. The first-order valence-corrected chi connectivity index (χ1v) is 12.2. The number of likely N-dealkylation sites (N-methyl/N-ethyl adjacent to an activating group) is 1. The quantitative estimate of drug-likeness (QED) is 0.153. The highest BCUT2D eigenvalue weighted by atomic mass is 32.2. The van der Waals surface area contributed by atoms with Crippen molar-refractivity contribution in [1.82, 2.24) is 10.6 Å². The molecule has 0 saturated heterocycles. The fourth-order valence-electron chi connectivity index (χ4n) is 3.23. The molecule has 0 fully saturated rings. The van der Waals surface area contributed by atoms with Gasteiger partial charge >= 0.3 is 0 Å². The molecule has 32 heavy (non-hydrogen) atoms. The maximum absolute atomic E-state index is 13.4. The third-order valence-electron chi connectivity index (χ3n) is 5.25. The molecule has 0 saturated carbocycles. The minimum atomic E-state index is 0.246. The van der Waals surface area contributed by atoms with Crippen LogP contribution in [0, 0.1) is 0 Å². The van der Waals surface area contributed by atoms with Crippen LogP contribution in [0.2, 0.25) is 0 Å². The molecule has 1 atom stereocenters. The van der Waals surface area contributed by atoms with Crippen molar-refractivity contribution < 1.29 is 3.89 Å². The fourth-order valence-corrected chi connectivity index (χ4v) is 3.55. The molecule has 0 aliphatic carbocycles. The predicted octanol–water partition coefficient (Wildman–Crippen LogP) is 7.29. The predicted molar refractivity (Wildman–Crippen MR) is 145 cm³/mol. The van der Waals surface area contributed by atoms with E-state index in [-0.39, 0.29) is 12.1 Å². The molecule has 5 heteroatoms. The maximum atomic E-state index is 13.4. The highest BCUT2D eigenvalue weighted by molar-refractivity contribution is 7.99. The number of hydrogen-bond acceptors (Lipinski definition) is 4. The summed E-state index contributed by atoms with van der Waals surface area (Å²) in [5, 5.41) is 6.82. The van der Waals surface area contributed by atoms with E-state index >= 15 is 0 Å². The average Bonchev–Trinajstić information content (AvgIpc) is 2.77. The Morgan fingerprint density at radius 2 is 1.91 bits per heavy atom. The van der Waals surface area contributed by atoms with Gasteiger partial charge in [0.05, 0.1) is 17.1 Å². The highest BCUT2D eigenvalue weighted by Gasteiger charge is 2.10. The minimum absolute atomic E-state index is 0.246. The van der Waals surface area contributed by atoms with Crippen molar-refractivity contribution in [2.75, 3.05) is 27.2 Å². The summed E-state index contributed by atoms with van der Waals surface area (Å²) in [6, 6.07) is 0.308. The van der Waals surface area contributed by atoms with Gasteiger partial charge in [0.2, 0.25) is 0 Å². The van der Waals surface area contributed by atoms with Gasteiger partial charge < -0.3 is 10.6 Å². The minimum Gasteiger partial charge on any atom is -0.316 e. The van der Waals surface area contributed by atoms with Crippen LogP contribution in [0.1, 0.15) is 60.8 Å². The standard InChI is InChI=1S/C27H44FN3S/c1-9-14-21(3)24(6)26(17-22(4)27(32-28)20-30-8)18-23(5)31-16-13-11-12-15-25(10-2)19-29-7/h9,11-12,14-15,17,20,23,29,31H,10,13,16,18-19H2,1-8H3/b12-11-,14-9-,24-21+,25-15+,26-17+,27-22-,30-20?. The zero-order chi connectivity index (χ0) is 24.4. The molecule has 0 heterocycles. The van der Waals surface area contributed by atoms with Gasteiger partial charge in [-0.3, -0.25) is 4.99 Å². The van der Waals surface area contributed by atoms with Crippen LogP contribution in [0.15, 0.2) is 74.2 Å². The summed E-state index contributed by atoms with van der Waals surface area (Å²) in [7, 11) is 3.64. The third-order valence-corrected chi connectivity index (χ3v) is 5.85. The Kier molecular flexibility index (Phi) is 17.8. The second-order valence-corrected chi connectivity index (χ2v) is 8.57. The van der Waals surface area contributed by atoms with Crippen LogP contribution in [-0.2, 0) is 0 Å². The van der Waals surface area contributed by atoms with Gasteiger partial charge in [-0.05, 0) is 89.8 Å². The Morgan fingerprint density at radius 3 is 2.47 bits per heavy atom. The second kappa shape index (κ2) is 18.8. The highest BCUT2D eigenvalue weighted by Crippen LogP contribution is 2.26. The summed E-state index contributed by atoms with van der Waals surface area (Å²) in [5.74, 6) is 0. The fraction of sp³-hybridized carbons (Fsp3) is 0.519. The molecule has 0 radical (unpaired) electrons. The number of allylic oxidation sites excluding steroid dienone is 9. The summed E-state index contributed by atoms with van der Waals surface area (Å²) >= 11 is 0.246. The zero-order valence-electron chi connectivity index (χ0n) is 21.4. The molecule has 0 aromatic rings. The second-order valence-electron chi connectivity index (χ2n) is 7.97. The van der Waals surface area contributed by atoms with Gasteiger partial charge in [-0.15, -0.1) is 0 Å². The molecule has 0 amide bonds. The van der Waals surface area contributed by atoms with Crippen LogP contribution in [0.4, 0.5) is 3.89 Å². The summed E-state index contributed by atoms with van der Waals surface area (Å²) in [6.45, 7) is 14.5. The molecule has 0 aromatic carbocycles. The van der Waals surface area contributed by atoms with Crippen molar-refractivity contribution in [1.29, 1.82) is 0 Å². The Labute approximate surface area is 201 Å². The van der Waals surface area contributed by atoms with E-state index in [0.29, 0.717) is 10.9 Å². The van der Waals surface area contributed by atoms with Crippen molar-refractivity contribution in [2.45, 2.75) is 66.8 Å². The zero-order valence-corrected chi connectivity index (χ0v) is 22.2. The van der Waals surface area contributed by atoms with Crippen LogP contribution >= 0.6 is 12.1 Å². The van der Waals surface area contributed by atoms with Crippen molar-refractivity contribution in [2.24, 2.45) is 4.99 Å². The SMILES string of the molecule is C\C=C/C(C)=C(C)/C(=C/C(C)=C(/C=NC)SF)CC(C)NCC/C=C\C=C(/CC)CNC. The molecule has 2 N–H and O–H groups in total. The van der Waals surface area contributed by atoms with Crippen LogP contribution in [-0.4, -0.2) is 39.4 Å². The van der Waals surface area contributed by atoms with Gasteiger partial charge in [0.1, 0.15) is 0 Å². The van der Waals surface area contributed by atoms with E-state index in [1.165, 1.54) is 22.3 Å². The number of nitrogens with zero attached hydrogens (tertiary/aromatic N) is 1. The monoisotopic (exact) mass is 461 g/mol. The molecule has 0 aliphatic heterocycles. The average molecular weight is 462 g/mol.